The van der Waals surface area contributed by atoms with Crippen molar-refractivity contribution in [2.24, 2.45) is 0 Å². The Hall–Kier alpha value is -1.27. The molecule has 0 aliphatic heterocycles. The van der Waals surface area contributed by atoms with E-state index in [0.717, 1.165) is 23.1 Å². The van der Waals surface area contributed by atoms with Crippen molar-refractivity contribution in [1.29, 1.82) is 5.26 Å². The highest BCUT2D eigenvalue weighted by Crippen LogP contribution is 2.21. The Balaban J connectivity index is 2.97. The first kappa shape index (κ1) is 11.8. The minimum Gasteiger partial charge on any atom is -0.496 e. The van der Waals surface area contributed by atoms with Crippen molar-refractivity contribution in [2.45, 2.75) is 6.42 Å². The Kier molecular flexibility index (Phi) is 4.92. The summed E-state index contributed by atoms with van der Waals surface area (Å²) in [6.45, 7) is 0. The highest BCUT2D eigenvalue weighted by molar-refractivity contribution is 9.09. The van der Waals surface area contributed by atoms with E-state index in [1.807, 2.05) is 24.3 Å². The standard InChI is InChI=1S/C12H12BrNO/c1-15-12-6-5-10(9-14)8-11(12)4-2-3-7-13/h2,4-6,8H,3,7H2,1H3. The second-order valence-corrected chi connectivity index (χ2v) is 3.74. The number of hydrogen-bond donors (Lipinski definition) is 0. The summed E-state index contributed by atoms with van der Waals surface area (Å²) in [5.74, 6) is 0.792. The van der Waals surface area contributed by atoms with E-state index < -0.39 is 0 Å². The van der Waals surface area contributed by atoms with Crippen LogP contribution in [0.5, 0.6) is 5.75 Å². The predicted octanol–water partition coefficient (Wildman–Crippen LogP) is 3.37. The molecule has 2 nitrogen and oxygen atoms in total. The molecule has 0 saturated carbocycles. The monoisotopic (exact) mass is 265 g/mol. The lowest BCUT2D eigenvalue weighted by atomic mass is 10.1. The maximum absolute atomic E-state index is 8.77. The number of benzene rings is 1. The van der Waals surface area contributed by atoms with Gasteiger partial charge in [0.05, 0.1) is 18.7 Å². The molecule has 78 valence electrons. The molecule has 0 aliphatic rings. The van der Waals surface area contributed by atoms with Crippen molar-refractivity contribution in [3.8, 4) is 11.8 Å². The van der Waals surface area contributed by atoms with Gasteiger partial charge in [0, 0.05) is 10.9 Å². The summed E-state index contributed by atoms with van der Waals surface area (Å²) in [6, 6.07) is 7.50. The van der Waals surface area contributed by atoms with Crippen LogP contribution in [0.2, 0.25) is 0 Å². The van der Waals surface area contributed by atoms with E-state index in [2.05, 4.69) is 22.0 Å². The molecule has 1 aromatic carbocycles. The number of nitrogens with zero attached hydrogens (tertiary/aromatic N) is 1. The van der Waals surface area contributed by atoms with E-state index in [4.69, 9.17) is 10.00 Å². The summed E-state index contributed by atoms with van der Waals surface area (Å²) in [7, 11) is 1.63. The van der Waals surface area contributed by atoms with Crippen LogP contribution in [0.15, 0.2) is 24.3 Å². The largest absolute Gasteiger partial charge is 0.496 e. The summed E-state index contributed by atoms with van der Waals surface area (Å²) < 4.78 is 5.20. The van der Waals surface area contributed by atoms with Crippen molar-refractivity contribution in [1.82, 2.24) is 0 Å². The summed E-state index contributed by atoms with van der Waals surface area (Å²) in [4.78, 5) is 0. The Morgan fingerprint density at radius 1 is 1.53 bits per heavy atom. The fourth-order valence-electron chi connectivity index (χ4n) is 1.21. The maximum Gasteiger partial charge on any atom is 0.126 e. The first-order chi connectivity index (χ1) is 7.31. The van der Waals surface area contributed by atoms with E-state index in [9.17, 15) is 0 Å². The zero-order valence-corrected chi connectivity index (χ0v) is 10.1. The smallest absolute Gasteiger partial charge is 0.126 e. The van der Waals surface area contributed by atoms with Crippen LogP contribution < -0.4 is 4.74 Å². The van der Waals surface area contributed by atoms with Crippen molar-refractivity contribution >= 4 is 22.0 Å². The molecule has 0 saturated heterocycles. The summed E-state index contributed by atoms with van der Waals surface area (Å²) in [5.41, 5.74) is 1.59. The molecule has 0 heterocycles. The normalized spacial score (nSPS) is 10.2. The van der Waals surface area contributed by atoms with Gasteiger partial charge in [0.15, 0.2) is 0 Å². The Labute approximate surface area is 98.3 Å². The SMILES string of the molecule is COc1ccc(C#N)cc1C=CCCBr. The zero-order chi connectivity index (χ0) is 11.1. The highest BCUT2D eigenvalue weighted by Gasteiger charge is 2.00. The van der Waals surface area contributed by atoms with E-state index in [-0.39, 0.29) is 0 Å². The summed E-state index contributed by atoms with van der Waals surface area (Å²) in [6.07, 6.45) is 4.98. The number of rotatable bonds is 4. The van der Waals surface area contributed by atoms with Gasteiger partial charge >= 0.3 is 0 Å². The molecule has 0 fully saturated rings. The fraction of sp³-hybridized carbons (Fsp3) is 0.250. The number of halogens is 1. The van der Waals surface area contributed by atoms with Crippen LogP contribution in [-0.2, 0) is 0 Å². The Morgan fingerprint density at radius 3 is 2.93 bits per heavy atom. The first-order valence-corrected chi connectivity index (χ1v) is 5.74. The maximum atomic E-state index is 8.77. The van der Waals surface area contributed by atoms with Crippen LogP contribution >= 0.6 is 15.9 Å². The van der Waals surface area contributed by atoms with Crippen LogP contribution in [-0.4, -0.2) is 12.4 Å². The minimum atomic E-state index is 0.647. The van der Waals surface area contributed by atoms with Gasteiger partial charge in [-0.2, -0.15) is 5.26 Å². The van der Waals surface area contributed by atoms with E-state index >= 15 is 0 Å². The molecule has 3 heteroatoms. The fourth-order valence-corrected chi connectivity index (χ4v) is 1.47. The van der Waals surface area contributed by atoms with Crippen molar-refractivity contribution in [3.05, 3.63) is 35.4 Å². The molecule has 0 bridgehead atoms. The van der Waals surface area contributed by atoms with Gasteiger partial charge in [-0.05, 0) is 24.6 Å². The van der Waals surface area contributed by atoms with E-state index in [0.29, 0.717) is 5.56 Å². The molecule has 0 radical (unpaired) electrons. The van der Waals surface area contributed by atoms with Crippen LogP contribution in [0, 0.1) is 11.3 Å². The van der Waals surface area contributed by atoms with Gasteiger partial charge in [0.1, 0.15) is 5.75 Å². The molecular formula is C12H12BrNO. The molecule has 0 N–H and O–H groups in total. The van der Waals surface area contributed by atoms with Gasteiger partial charge in [-0.3, -0.25) is 0 Å². The van der Waals surface area contributed by atoms with Crippen molar-refractivity contribution < 1.29 is 4.74 Å². The highest BCUT2D eigenvalue weighted by atomic mass is 79.9. The molecule has 1 aromatic rings. The van der Waals surface area contributed by atoms with Gasteiger partial charge in [-0.1, -0.05) is 28.1 Å². The molecular weight excluding hydrogens is 254 g/mol. The van der Waals surface area contributed by atoms with Gasteiger partial charge in [-0.25, -0.2) is 0 Å². The van der Waals surface area contributed by atoms with Gasteiger partial charge < -0.3 is 4.74 Å². The first-order valence-electron chi connectivity index (χ1n) is 4.62. The van der Waals surface area contributed by atoms with Gasteiger partial charge in [0.25, 0.3) is 0 Å². The topological polar surface area (TPSA) is 33.0 Å². The molecule has 15 heavy (non-hydrogen) atoms. The average Bonchev–Trinajstić information content (AvgIpc) is 2.29. The van der Waals surface area contributed by atoms with Gasteiger partial charge in [0.2, 0.25) is 0 Å². The third-order valence-electron chi connectivity index (χ3n) is 1.93. The number of methoxy groups -OCH3 is 1. The predicted molar refractivity (Wildman–Crippen MR) is 65.2 cm³/mol. The second kappa shape index (κ2) is 6.26. The molecule has 0 aliphatic carbocycles. The number of hydrogen-bond acceptors (Lipinski definition) is 2. The lowest BCUT2D eigenvalue weighted by Gasteiger charge is -2.04. The molecule has 0 atom stereocenters. The lowest BCUT2D eigenvalue weighted by Crippen LogP contribution is -1.87. The molecule has 1 rings (SSSR count). The summed E-state index contributed by atoms with van der Waals surface area (Å²) in [5, 5.41) is 9.71. The number of nitriles is 1. The van der Waals surface area contributed by atoms with Crippen LogP contribution in [0.25, 0.3) is 6.08 Å². The molecule has 0 aromatic heterocycles. The Morgan fingerprint density at radius 2 is 2.33 bits per heavy atom. The van der Waals surface area contributed by atoms with Crippen LogP contribution in [0.4, 0.5) is 0 Å². The average molecular weight is 266 g/mol. The second-order valence-electron chi connectivity index (χ2n) is 2.95. The quantitative estimate of drug-likeness (QED) is 0.783. The number of allylic oxidation sites excluding steroid dienone is 1. The van der Waals surface area contributed by atoms with E-state index in [1.165, 1.54) is 0 Å². The molecule has 0 spiro atoms. The minimum absolute atomic E-state index is 0.647. The Bertz CT molecular complexity index is 393. The number of ether oxygens (including phenoxy) is 1. The van der Waals surface area contributed by atoms with E-state index in [1.54, 1.807) is 13.2 Å². The zero-order valence-electron chi connectivity index (χ0n) is 8.53. The summed E-state index contributed by atoms with van der Waals surface area (Å²) >= 11 is 3.35. The van der Waals surface area contributed by atoms with Crippen molar-refractivity contribution in [3.63, 3.8) is 0 Å². The third-order valence-corrected chi connectivity index (χ3v) is 2.39. The van der Waals surface area contributed by atoms with Crippen molar-refractivity contribution in [2.75, 3.05) is 12.4 Å². The van der Waals surface area contributed by atoms with Gasteiger partial charge in [-0.15, -0.1) is 0 Å². The third kappa shape index (κ3) is 3.41. The number of alkyl halides is 1. The van der Waals surface area contributed by atoms with Crippen LogP contribution in [0.3, 0.4) is 0 Å². The molecule has 0 amide bonds. The molecule has 0 unspecified atom stereocenters. The lowest BCUT2D eigenvalue weighted by molar-refractivity contribution is 0.414. The van der Waals surface area contributed by atoms with Crippen LogP contribution in [0.1, 0.15) is 17.5 Å².